The second-order valence-corrected chi connectivity index (χ2v) is 4.44. The van der Waals surface area contributed by atoms with Crippen LogP contribution in [0.5, 0.6) is 0 Å². The van der Waals surface area contributed by atoms with Gasteiger partial charge in [-0.3, -0.25) is 9.48 Å². The summed E-state index contributed by atoms with van der Waals surface area (Å²) >= 11 is 0. The van der Waals surface area contributed by atoms with E-state index < -0.39 is 0 Å². The summed E-state index contributed by atoms with van der Waals surface area (Å²) in [6.07, 6.45) is 2.91. The van der Waals surface area contributed by atoms with Crippen LogP contribution in [-0.4, -0.2) is 15.6 Å². The van der Waals surface area contributed by atoms with E-state index in [1.807, 2.05) is 32.2 Å². The molecule has 2 aromatic rings. The maximum absolute atomic E-state index is 12.0. The highest BCUT2D eigenvalue weighted by molar-refractivity contribution is 5.97. The van der Waals surface area contributed by atoms with E-state index in [0.717, 1.165) is 11.3 Å². The third-order valence-corrected chi connectivity index (χ3v) is 3.13. The largest absolute Gasteiger partial charge is 0.398 e. The van der Waals surface area contributed by atoms with Gasteiger partial charge >= 0.3 is 0 Å². The minimum Gasteiger partial charge on any atom is -0.398 e. The van der Waals surface area contributed by atoms with Gasteiger partial charge in [-0.1, -0.05) is 12.1 Å². The number of Topliss-reactive ketones (excluding diaryl/α,β-unsaturated/α-hetero) is 1. The first-order valence-corrected chi connectivity index (χ1v) is 5.94. The van der Waals surface area contributed by atoms with E-state index >= 15 is 0 Å². The van der Waals surface area contributed by atoms with E-state index in [1.54, 1.807) is 16.9 Å². The lowest BCUT2D eigenvalue weighted by Crippen LogP contribution is -2.05. The summed E-state index contributed by atoms with van der Waals surface area (Å²) in [4.78, 5) is 12.0. The summed E-state index contributed by atoms with van der Waals surface area (Å²) in [7, 11) is 1.88. The molecule has 1 aromatic carbocycles. The minimum atomic E-state index is 0.114. The van der Waals surface area contributed by atoms with Crippen LogP contribution in [0.4, 0.5) is 5.69 Å². The van der Waals surface area contributed by atoms with E-state index in [2.05, 4.69) is 5.10 Å². The number of aryl methyl sites for hydroxylation is 3. The van der Waals surface area contributed by atoms with Gasteiger partial charge in [0.25, 0.3) is 0 Å². The van der Waals surface area contributed by atoms with E-state index in [1.165, 1.54) is 0 Å². The number of hydrogen-bond donors (Lipinski definition) is 1. The summed E-state index contributed by atoms with van der Waals surface area (Å²) in [5.41, 5.74) is 9.21. The molecule has 0 aliphatic heterocycles. The Morgan fingerprint density at radius 3 is 2.78 bits per heavy atom. The molecule has 0 atom stereocenters. The van der Waals surface area contributed by atoms with Gasteiger partial charge in [0.15, 0.2) is 5.78 Å². The maximum Gasteiger partial charge on any atom is 0.163 e. The molecule has 0 unspecified atom stereocenters. The molecule has 4 heteroatoms. The predicted octanol–water partition coefficient (Wildman–Crippen LogP) is 2.13. The number of nitrogen functional groups attached to an aromatic ring is 1. The van der Waals surface area contributed by atoms with Gasteiger partial charge in [0.05, 0.1) is 0 Å². The van der Waals surface area contributed by atoms with Crippen LogP contribution in [0.1, 0.15) is 28.0 Å². The number of anilines is 1. The van der Waals surface area contributed by atoms with Gasteiger partial charge in [0, 0.05) is 36.6 Å². The lowest BCUT2D eigenvalue weighted by atomic mass is 10.0. The van der Waals surface area contributed by atoms with Crippen molar-refractivity contribution in [3.8, 4) is 0 Å². The number of nitrogens with zero attached hydrogens (tertiary/aromatic N) is 2. The minimum absolute atomic E-state index is 0.114. The van der Waals surface area contributed by atoms with Gasteiger partial charge < -0.3 is 5.73 Å². The zero-order valence-corrected chi connectivity index (χ0v) is 10.7. The SMILES string of the molecule is Cc1ccc(C(=O)CCc2ccnn2C)cc1N. The molecule has 4 nitrogen and oxygen atoms in total. The number of benzene rings is 1. The standard InChI is InChI=1S/C14H17N3O/c1-10-3-4-11(9-13(10)15)14(18)6-5-12-7-8-16-17(12)2/h3-4,7-9H,5-6,15H2,1-2H3. The molecular formula is C14H17N3O. The van der Waals surface area contributed by atoms with Crippen molar-refractivity contribution in [1.82, 2.24) is 9.78 Å². The molecule has 0 aliphatic carbocycles. The zero-order valence-electron chi connectivity index (χ0n) is 10.7. The van der Waals surface area contributed by atoms with E-state index in [-0.39, 0.29) is 5.78 Å². The van der Waals surface area contributed by atoms with Crippen molar-refractivity contribution in [3.05, 3.63) is 47.3 Å². The third-order valence-electron chi connectivity index (χ3n) is 3.13. The Kier molecular flexibility index (Phi) is 3.46. The second kappa shape index (κ2) is 5.04. The average Bonchev–Trinajstić information content (AvgIpc) is 2.75. The van der Waals surface area contributed by atoms with Gasteiger partial charge in [0.2, 0.25) is 0 Å². The van der Waals surface area contributed by atoms with Gasteiger partial charge in [0.1, 0.15) is 0 Å². The topological polar surface area (TPSA) is 60.9 Å². The molecule has 0 aliphatic rings. The molecule has 0 saturated carbocycles. The Labute approximate surface area is 106 Å². The number of ketones is 1. The van der Waals surface area contributed by atoms with Crippen LogP contribution in [0.3, 0.4) is 0 Å². The molecule has 0 spiro atoms. The average molecular weight is 243 g/mol. The molecule has 0 amide bonds. The van der Waals surface area contributed by atoms with Crippen LogP contribution in [0.25, 0.3) is 0 Å². The Hall–Kier alpha value is -2.10. The molecule has 0 saturated heterocycles. The molecule has 2 rings (SSSR count). The summed E-state index contributed by atoms with van der Waals surface area (Å²) in [5.74, 6) is 0.114. The van der Waals surface area contributed by atoms with Gasteiger partial charge in [-0.25, -0.2) is 0 Å². The number of rotatable bonds is 4. The Balaban J connectivity index is 2.04. The van der Waals surface area contributed by atoms with Gasteiger partial charge in [-0.15, -0.1) is 0 Å². The first kappa shape index (κ1) is 12.4. The van der Waals surface area contributed by atoms with Crippen LogP contribution in [-0.2, 0) is 13.5 Å². The number of nitrogens with two attached hydrogens (primary N) is 1. The second-order valence-electron chi connectivity index (χ2n) is 4.44. The summed E-state index contributed by atoms with van der Waals surface area (Å²) in [6.45, 7) is 1.93. The van der Waals surface area contributed by atoms with Crippen molar-refractivity contribution >= 4 is 11.5 Å². The third kappa shape index (κ3) is 2.59. The molecule has 94 valence electrons. The highest BCUT2D eigenvalue weighted by Crippen LogP contribution is 2.15. The number of carbonyl (C=O) groups excluding carboxylic acids is 1. The first-order chi connectivity index (χ1) is 8.58. The predicted molar refractivity (Wildman–Crippen MR) is 71.5 cm³/mol. The first-order valence-electron chi connectivity index (χ1n) is 5.94. The van der Waals surface area contributed by atoms with Crippen molar-refractivity contribution < 1.29 is 4.79 Å². The van der Waals surface area contributed by atoms with Crippen LogP contribution in [0.2, 0.25) is 0 Å². The number of hydrogen-bond acceptors (Lipinski definition) is 3. The Bertz CT molecular complexity index is 572. The van der Waals surface area contributed by atoms with E-state index in [9.17, 15) is 4.79 Å². The lowest BCUT2D eigenvalue weighted by molar-refractivity contribution is 0.0982. The fourth-order valence-corrected chi connectivity index (χ4v) is 1.85. The summed E-state index contributed by atoms with van der Waals surface area (Å²) in [6, 6.07) is 7.39. The molecule has 0 fully saturated rings. The number of aromatic nitrogens is 2. The van der Waals surface area contributed by atoms with Crippen molar-refractivity contribution in [2.75, 3.05) is 5.73 Å². The molecule has 2 N–H and O–H groups in total. The fraction of sp³-hybridized carbons (Fsp3) is 0.286. The molecular weight excluding hydrogens is 226 g/mol. The van der Waals surface area contributed by atoms with E-state index in [0.29, 0.717) is 24.1 Å². The monoisotopic (exact) mass is 243 g/mol. The van der Waals surface area contributed by atoms with Crippen LogP contribution >= 0.6 is 0 Å². The van der Waals surface area contributed by atoms with Crippen molar-refractivity contribution in [3.63, 3.8) is 0 Å². The normalized spacial score (nSPS) is 10.6. The summed E-state index contributed by atoms with van der Waals surface area (Å²) < 4.78 is 1.79. The maximum atomic E-state index is 12.0. The van der Waals surface area contributed by atoms with Crippen LogP contribution in [0.15, 0.2) is 30.5 Å². The smallest absolute Gasteiger partial charge is 0.163 e. The number of carbonyl (C=O) groups is 1. The van der Waals surface area contributed by atoms with Crippen molar-refractivity contribution in [2.45, 2.75) is 19.8 Å². The highest BCUT2D eigenvalue weighted by atomic mass is 16.1. The zero-order chi connectivity index (χ0) is 13.1. The fourth-order valence-electron chi connectivity index (χ4n) is 1.85. The highest BCUT2D eigenvalue weighted by Gasteiger charge is 2.08. The van der Waals surface area contributed by atoms with Crippen molar-refractivity contribution in [2.24, 2.45) is 7.05 Å². The quantitative estimate of drug-likeness (QED) is 0.661. The van der Waals surface area contributed by atoms with Crippen molar-refractivity contribution in [1.29, 1.82) is 0 Å². The molecule has 0 radical (unpaired) electrons. The Morgan fingerprint density at radius 2 is 2.17 bits per heavy atom. The lowest BCUT2D eigenvalue weighted by Gasteiger charge is -2.05. The van der Waals surface area contributed by atoms with Gasteiger partial charge in [-0.05, 0) is 31.0 Å². The molecule has 18 heavy (non-hydrogen) atoms. The van der Waals surface area contributed by atoms with Crippen LogP contribution in [0, 0.1) is 6.92 Å². The van der Waals surface area contributed by atoms with Gasteiger partial charge in [-0.2, -0.15) is 5.10 Å². The van der Waals surface area contributed by atoms with Crippen LogP contribution < -0.4 is 5.73 Å². The molecule has 1 heterocycles. The van der Waals surface area contributed by atoms with E-state index in [4.69, 9.17) is 5.73 Å². The molecule has 1 aromatic heterocycles. The Morgan fingerprint density at radius 1 is 1.39 bits per heavy atom. The molecule has 0 bridgehead atoms. The summed E-state index contributed by atoms with van der Waals surface area (Å²) in [5, 5.41) is 4.08.